The summed E-state index contributed by atoms with van der Waals surface area (Å²) >= 11 is 0. The lowest BCUT2D eigenvalue weighted by Crippen LogP contribution is -2.25. The highest BCUT2D eigenvalue weighted by Gasteiger charge is 1.96. The molecule has 0 rings (SSSR count). The number of hydrogen-bond acceptors (Lipinski definition) is 1. The molecule has 52 valence electrons. The monoisotopic (exact) mass is 125 g/mol. The standard InChI is InChI=1S/C6H17B2N/c1-2-3-4-5-6-8(7)9/h2-7,9H2,1H3. The minimum absolute atomic E-state index is 0.404. The van der Waals surface area contributed by atoms with Crippen LogP contribution in [0.25, 0.3) is 0 Å². The highest BCUT2D eigenvalue weighted by Crippen LogP contribution is 2.02. The van der Waals surface area contributed by atoms with Gasteiger partial charge in [0, 0.05) is 0 Å². The summed E-state index contributed by atoms with van der Waals surface area (Å²) in [5, 5.41) is 0. The molecule has 0 aromatic heterocycles. The topological polar surface area (TPSA) is 26.0 Å². The van der Waals surface area contributed by atoms with Gasteiger partial charge < -0.3 is 5.64 Å². The van der Waals surface area contributed by atoms with Crippen LogP contribution in [-0.4, -0.2) is 14.5 Å². The number of nitrogens with two attached hydrogens (primary N) is 1. The van der Waals surface area contributed by atoms with E-state index in [0.717, 1.165) is 0 Å². The normalized spacial score (nSPS) is 9.56. The van der Waals surface area contributed by atoms with Crippen LogP contribution < -0.4 is 5.64 Å². The molecule has 0 radical (unpaired) electrons. The molecule has 0 aromatic rings. The Labute approximate surface area is 59.9 Å². The first kappa shape index (κ1) is 9.09. The van der Waals surface area contributed by atoms with Crippen molar-refractivity contribution in [1.29, 1.82) is 0 Å². The summed E-state index contributed by atoms with van der Waals surface area (Å²) < 4.78 is 0. The second kappa shape index (κ2) is 6.21. The maximum atomic E-state index is 5.57. The molecule has 0 aliphatic rings. The van der Waals surface area contributed by atoms with E-state index in [1.807, 2.05) is 0 Å². The summed E-state index contributed by atoms with van der Waals surface area (Å²) in [5.41, 5.74) is 5.57. The molecule has 3 heteroatoms. The zero-order chi connectivity index (χ0) is 7.11. The van der Waals surface area contributed by atoms with E-state index in [0.29, 0.717) is 6.74 Å². The summed E-state index contributed by atoms with van der Waals surface area (Å²) in [4.78, 5) is 0. The van der Waals surface area contributed by atoms with Gasteiger partial charge in [-0.2, -0.15) is 0 Å². The van der Waals surface area contributed by atoms with E-state index in [-0.39, 0.29) is 0 Å². The Bertz CT molecular complexity index is 57.0. The molecule has 0 aromatic carbocycles. The van der Waals surface area contributed by atoms with Crippen LogP contribution in [0.5, 0.6) is 0 Å². The number of hydrogen-bond donors (Lipinski definition) is 1. The molecular formula is C6H17B2N. The fourth-order valence-corrected chi connectivity index (χ4v) is 0.893. The van der Waals surface area contributed by atoms with Crippen molar-refractivity contribution in [2.75, 3.05) is 0 Å². The Hall–Kier alpha value is 0.0899. The summed E-state index contributed by atoms with van der Waals surface area (Å²) in [6, 6.07) is 0. The summed E-state index contributed by atoms with van der Waals surface area (Å²) in [5.74, 6) is 0. The molecule has 1 nitrogen and oxygen atoms in total. The predicted octanol–water partition coefficient (Wildman–Crippen LogP) is 0.647. The van der Waals surface area contributed by atoms with Crippen LogP contribution in [0.1, 0.15) is 32.6 Å². The number of rotatable bonds is 5. The average molecular weight is 125 g/mol. The van der Waals surface area contributed by atoms with Crippen LogP contribution in [0.15, 0.2) is 0 Å². The molecule has 0 aliphatic carbocycles. The molecule has 0 saturated heterocycles. The van der Waals surface area contributed by atoms with Crippen LogP contribution in [0, 0.1) is 0 Å². The van der Waals surface area contributed by atoms with Crippen molar-refractivity contribution >= 4 is 14.5 Å². The van der Waals surface area contributed by atoms with Gasteiger partial charge in [-0.05, 0) is 0 Å². The molecule has 9 heavy (non-hydrogen) atoms. The highest BCUT2D eigenvalue weighted by atomic mass is 14.4. The SMILES string of the molecule is BB(N)CCCCCC. The summed E-state index contributed by atoms with van der Waals surface area (Å²) in [6.45, 7) is 2.63. The van der Waals surface area contributed by atoms with Gasteiger partial charge in [-0.1, -0.05) is 38.9 Å². The van der Waals surface area contributed by atoms with E-state index in [9.17, 15) is 0 Å². The van der Waals surface area contributed by atoms with E-state index >= 15 is 0 Å². The third-order valence-electron chi connectivity index (χ3n) is 1.51. The van der Waals surface area contributed by atoms with E-state index in [1.165, 1.54) is 32.0 Å². The van der Waals surface area contributed by atoms with Crippen LogP contribution in [-0.2, 0) is 0 Å². The van der Waals surface area contributed by atoms with Crippen molar-refractivity contribution in [3.05, 3.63) is 0 Å². The van der Waals surface area contributed by atoms with Gasteiger partial charge >= 0.3 is 0 Å². The first-order valence-corrected chi connectivity index (χ1v) is 4.03. The van der Waals surface area contributed by atoms with Crippen molar-refractivity contribution in [2.45, 2.75) is 38.9 Å². The second-order valence-electron chi connectivity index (χ2n) is 2.83. The highest BCUT2D eigenvalue weighted by molar-refractivity contribution is 7.01. The van der Waals surface area contributed by atoms with Gasteiger partial charge in [0.1, 0.15) is 0 Å². The quantitative estimate of drug-likeness (QED) is 0.423. The predicted molar refractivity (Wildman–Crippen MR) is 47.4 cm³/mol. The lowest BCUT2D eigenvalue weighted by molar-refractivity contribution is 0.699. The first-order valence-electron chi connectivity index (χ1n) is 4.03. The summed E-state index contributed by atoms with van der Waals surface area (Å²) in [7, 11) is 2.08. The summed E-state index contributed by atoms with van der Waals surface area (Å²) in [6.07, 6.45) is 6.55. The van der Waals surface area contributed by atoms with Crippen molar-refractivity contribution in [2.24, 2.45) is 5.64 Å². The third kappa shape index (κ3) is 8.09. The van der Waals surface area contributed by atoms with Crippen molar-refractivity contribution in [3.63, 3.8) is 0 Å². The molecule has 2 N–H and O–H groups in total. The lowest BCUT2D eigenvalue weighted by Gasteiger charge is -1.98. The molecular weight excluding hydrogens is 108 g/mol. The van der Waals surface area contributed by atoms with Crippen LogP contribution >= 0.6 is 0 Å². The maximum absolute atomic E-state index is 5.57. The van der Waals surface area contributed by atoms with Crippen molar-refractivity contribution in [3.8, 4) is 0 Å². The zero-order valence-electron chi connectivity index (χ0n) is 6.69. The molecule has 0 amide bonds. The van der Waals surface area contributed by atoms with Gasteiger partial charge in [-0.15, -0.1) is 0 Å². The lowest BCUT2D eigenvalue weighted by atomic mass is 9.41. The molecule has 0 bridgehead atoms. The van der Waals surface area contributed by atoms with Gasteiger partial charge in [-0.25, -0.2) is 0 Å². The molecule has 0 atom stereocenters. The smallest absolute Gasteiger partial charge is 0.172 e. The van der Waals surface area contributed by atoms with Gasteiger partial charge in [0.2, 0.25) is 0 Å². The first-order chi connectivity index (χ1) is 4.27. The molecule has 0 aliphatic heterocycles. The number of unbranched alkanes of at least 4 members (excludes halogenated alkanes) is 3. The zero-order valence-corrected chi connectivity index (χ0v) is 6.69. The largest absolute Gasteiger partial charge is 0.376 e. The van der Waals surface area contributed by atoms with Crippen LogP contribution in [0.4, 0.5) is 0 Å². The van der Waals surface area contributed by atoms with E-state index in [2.05, 4.69) is 14.7 Å². The van der Waals surface area contributed by atoms with Crippen LogP contribution in [0.2, 0.25) is 6.32 Å². The molecule has 0 heterocycles. The van der Waals surface area contributed by atoms with Crippen molar-refractivity contribution in [1.82, 2.24) is 0 Å². The molecule has 0 spiro atoms. The maximum Gasteiger partial charge on any atom is 0.172 e. The Kier molecular flexibility index (Phi) is 6.28. The van der Waals surface area contributed by atoms with E-state index in [1.54, 1.807) is 0 Å². The average Bonchev–Trinajstić information content (AvgIpc) is 1.80. The van der Waals surface area contributed by atoms with Crippen LogP contribution in [0.3, 0.4) is 0 Å². The Balaban J connectivity index is 2.75. The van der Waals surface area contributed by atoms with Gasteiger partial charge in [0.15, 0.2) is 6.74 Å². The fraction of sp³-hybridized carbons (Fsp3) is 1.00. The molecule has 0 saturated carbocycles. The van der Waals surface area contributed by atoms with Crippen molar-refractivity contribution < 1.29 is 0 Å². The minimum atomic E-state index is 0.404. The Morgan fingerprint density at radius 2 is 2.00 bits per heavy atom. The minimum Gasteiger partial charge on any atom is -0.376 e. The van der Waals surface area contributed by atoms with Gasteiger partial charge in [0.25, 0.3) is 0 Å². The molecule has 0 unspecified atom stereocenters. The third-order valence-corrected chi connectivity index (χ3v) is 1.51. The van der Waals surface area contributed by atoms with Gasteiger partial charge in [-0.3, -0.25) is 0 Å². The van der Waals surface area contributed by atoms with E-state index < -0.39 is 0 Å². The fourth-order valence-electron chi connectivity index (χ4n) is 0.893. The van der Waals surface area contributed by atoms with Gasteiger partial charge in [0.05, 0.1) is 7.74 Å². The second-order valence-corrected chi connectivity index (χ2v) is 2.83. The Morgan fingerprint density at radius 3 is 2.44 bits per heavy atom. The Morgan fingerprint density at radius 1 is 1.33 bits per heavy atom. The molecule has 0 fully saturated rings. The van der Waals surface area contributed by atoms with E-state index in [4.69, 9.17) is 5.64 Å².